The molecule has 1 aliphatic rings. The molecule has 0 saturated heterocycles. The first kappa shape index (κ1) is 23.2. The molecule has 1 aromatic heterocycles. The van der Waals surface area contributed by atoms with Gasteiger partial charge in [0.25, 0.3) is 5.91 Å². The largest absolute Gasteiger partial charge is 0.489 e. The van der Waals surface area contributed by atoms with Crippen LogP contribution in [0, 0.1) is 12.7 Å². The van der Waals surface area contributed by atoms with Crippen LogP contribution in [0.4, 0.5) is 4.39 Å². The van der Waals surface area contributed by atoms with Gasteiger partial charge in [0.1, 0.15) is 17.7 Å². The number of hydrogen-bond acceptors (Lipinski definition) is 4. The third kappa shape index (κ3) is 6.30. The van der Waals surface area contributed by atoms with Crippen molar-refractivity contribution in [3.05, 3.63) is 93.4 Å². The summed E-state index contributed by atoms with van der Waals surface area (Å²) in [5.74, 6) is 0.555. The zero-order valence-corrected chi connectivity index (χ0v) is 19.8. The summed E-state index contributed by atoms with van der Waals surface area (Å²) in [6, 6.07) is 16.8. The monoisotopic (exact) mass is 464 g/mol. The van der Waals surface area contributed by atoms with Crippen molar-refractivity contribution >= 4 is 22.8 Å². The molecule has 0 spiro atoms. The minimum Gasteiger partial charge on any atom is -0.489 e. The van der Waals surface area contributed by atoms with Crippen LogP contribution in [0.3, 0.4) is 0 Å². The molecule has 2 aromatic carbocycles. The number of amides is 1. The van der Waals surface area contributed by atoms with E-state index in [2.05, 4.69) is 28.4 Å². The maximum atomic E-state index is 13.2. The van der Waals surface area contributed by atoms with Crippen LogP contribution >= 0.6 is 11.3 Å². The SMILES string of the molecule is Cc1ccsc1C(=O)NC[C@@H](C)Oc1cccc(CN2CC=C(c3ccc(F)cc3)CC2)c1. The van der Waals surface area contributed by atoms with E-state index in [-0.39, 0.29) is 17.8 Å². The molecule has 0 unspecified atom stereocenters. The minimum atomic E-state index is -0.201. The van der Waals surface area contributed by atoms with Crippen molar-refractivity contribution in [2.45, 2.75) is 32.9 Å². The average molecular weight is 465 g/mol. The van der Waals surface area contributed by atoms with Crippen molar-refractivity contribution < 1.29 is 13.9 Å². The fourth-order valence-electron chi connectivity index (χ4n) is 3.95. The van der Waals surface area contributed by atoms with Crippen LogP contribution in [0.1, 0.15) is 39.7 Å². The molecule has 2 heterocycles. The normalized spacial score (nSPS) is 15.1. The standard InChI is InChI=1S/C27H29FN2O2S/c1-19-12-15-33-26(19)27(31)29-17-20(2)32-25-5-3-4-21(16-25)18-30-13-10-23(11-14-30)22-6-8-24(28)9-7-22/h3-10,12,15-16,20H,11,13-14,17-18H2,1-2H3,(H,29,31)/t20-/m1/s1. The molecule has 3 aromatic rings. The Balaban J connectivity index is 1.28. The summed E-state index contributed by atoms with van der Waals surface area (Å²) < 4.78 is 19.2. The highest BCUT2D eigenvalue weighted by Gasteiger charge is 2.15. The fraction of sp³-hybridized carbons (Fsp3) is 0.296. The Hall–Kier alpha value is -2.96. The minimum absolute atomic E-state index is 0.0511. The van der Waals surface area contributed by atoms with Gasteiger partial charge < -0.3 is 10.1 Å². The predicted molar refractivity (Wildman–Crippen MR) is 132 cm³/mol. The van der Waals surface area contributed by atoms with Crippen LogP contribution in [0.5, 0.6) is 5.75 Å². The quantitative estimate of drug-likeness (QED) is 0.466. The summed E-state index contributed by atoms with van der Waals surface area (Å²) in [6.45, 7) is 7.01. The number of thiophene rings is 1. The highest BCUT2D eigenvalue weighted by atomic mass is 32.1. The number of ether oxygens (including phenoxy) is 1. The van der Waals surface area contributed by atoms with Crippen molar-refractivity contribution in [2.24, 2.45) is 0 Å². The molecule has 6 heteroatoms. The lowest BCUT2D eigenvalue weighted by Crippen LogP contribution is -2.33. The lowest BCUT2D eigenvalue weighted by Gasteiger charge is -2.26. The van der Waals surface area contributed by atoms with Crippen molar-refractivity contribution in [3.8, 4) is 5.75 Å². The van der Waals surface area contributed by atoms with Gasteiger partial charge in [-0.25, -0.2) is 4.39 Å². The number of benzene rings is 2. The fourth-order valence-corrected chi connectivity index (χ4v) is 4.79. The van der Waals surface area contributed by atoms with Gasteiger partial charge in [0.15, 0.2) is 0 Å². The molecule has 4 rings (SSSR count). The van der Waals surface area contributed by atoms with Crippen LogP contribution in [-0.2, 0) is 6.54 Å². The number of aryl methyl sites for hydroxylation is 1. The zero-order chi connectivity index (χ0) is 23.2. The first-order chi connectivity index (χ1) is 16.0. The van der Waals surface area contributed by atoms with E-state index in [0.717, 1.165) is 47.8 Å². The molecule has 1 aliphatic heterocycles. The second-order valence-corrected chi connectivity index (χ2v) is 9.36. The Morgan fingerprint density at radius 2 is 2.03 bits per heavy atom. The van der Waals surface area contributed by atoms with Crippen molar-refractivity contribution in [2.75, 3.05) is 19.6 Å². The Labute approximate surface area is 198 Å². The van der Waals surface area contributed by atoms with E-state index in [1.165, 1.54) is 34.6 Å². The van der Waals surface area contributed by atoms with Gasteiger partial charge in [0.2, 0.25) is 0 Å². The number of halogens is 1. The molecular weight excluding hydrogens is 435 g/mol. The number of carbonyl (C=O) groups is 1. The number of nitrogens with zero attached hydrogens (tertiary/aromatic N) is 1. The van der Waals surface area contributed by atoms with Crippen LogP contribution in [-0.4, -0.2) is 36.5 Å². The Morgan fingerprint density at radius 1 is 1.21 bits per heavy atom. The van der Waals surface area contributed by atoms with E-state index in [4.69, 9.17) is 4.74 Å². The van der Waals surface area contributed by atoms with Crippen LogP contribution in [0.25, 0.3) is 5.57 Å². The summed E-state index contributed by atoms with van der Waals surface area (Å²) in [6.07, 6.45) is 3.04. The van der Waals surface area contributed by atoms with Gasteiger partial charge in [-0.3, -0.25) is 9.69 Å². The Bertz CT molecular complexity index is 1120. The third-order valence-corrected chi connectivity index (χ3v) is 6.78. The number of carbonyl (C=O) groups excluding carboxylic acids is 1. The molecule has 4 nitrogen and oxygen atoms in total. The van der Waals surface area contributed by atoms with Gasteiger partial charge in [-0.2, -0.15) is 0 Å². The highest BCUT2D eigenvalue weighted by Crippen LogP contribution is 2.24. The lowest BCUT2D eigenvalue weighted by atomic mass is 9.99. The molecule has 0 saturated carbocycles. The van der Waals surface area contributed by atoms with Crippen LogP contribution in [0.15, 0.2) is 66.1 Å². The maximum absolute atomic E-state index is 13.2. The Kier molecular flexibility index (Phi) is 7.57. The molecular formula is C27H29FN2O2S. The zero-order valence-electron chi connectivity index (χ0n) is 19.0. The van der Waals surface area contributed by atoms with Crippen LogP contribution < -0.4 is 10.1 Å². The van der Waals surface area contributed by atoms with Gasteiger partial charge in [-0.15, -0.1) is 11.3 Å². The van der Waals surface area contributed by atoms with Gasteiger partial charge in [0.05, 0.1) is 11.4 Å². The van der Waals surface area contributed by atoms with E-state index < -0.39 is 0 Å². The van der Waals surface area contributed by atoms with Gasteiger partial charge >= 0.3 is 0 Å². The molecule has 1 amide bonds. The average Bonchev–Trinajstić information content (AvgIpc) is 3.25. The highest BCUT2D eigenvalue weighted by molar-refractivity contribution is 7.12. The van der Waals surface area contributed by atoms with Crippen molar-refractivity contribution in [1.82, 2.24) is 10.2 Å². The number of nitrogens with one attached hydrogen (secondary N) is 1. The summed E-state index contributed by atoms with van der Waals surface area (Å²) in [4.78, 5) is 15.4. The molecule has 1 N–H and O–H groups in total. The van der Waals surface area contributed by atoms with E-state index in [1.807, 2.05) is 49.6 Å². The smallest absolute Gasteiger partial charge is 0.261 e. The second-order valence-electron chi connectivity index (χ2n) is 8.44. The molecule has 0 bridgehead atoms. The summed E-state index contributed by atoms with van der Waals surface area (Å²) in [7, 11) is 0. The summed E-state index contributed by atoms with van der Waals surface area (Å²) >= 11 is 1.45. The van der Waals surface area contributed by atoms with E-state index in [1.54, 1.807) is 0 Å². The molecule has 0 radical (unpaired) electrons. The summed E-state index contributed by atoms with van der Waals surface area (Å²) in [5, 5.41) is 4.89. The summed E-state index contributed by atoms with van der Waals surface area (Å²) in [5.41, 5.74) is 4.56. The van der Waals surface area contributed by atoms with Crippen LogP contribution in [0.2, 0.25) is 0 Å². The van der Waals surface area contributed by atoms with E-state index in [0.29, 0.717) is 6.54 Å². The number of rotatable bonds is 8. The Morgan fingerprint density at radius 3 is 2.73 bits per heavy atom. The second kappa shape index (κ2) is 10.8. The molecule has 0 aliphatic carbocycles. The molecule has 1 atom stereocenters. The van der Waals surface area contributed by atoms with Gasteiger partial charge in [-0.1, -0.05) is 30.3 Å². The first-order valence-corrected chi connectivity index (χ1v) is 12.1. The molecule has 33 heavy (non-hydrogen) atoms. The third-order valence-electron chi connectivity index (χ3n) is 5.77. The van der Waals surface area contributed by atoms with Crippen molar-refractivity contribution in [1.29, 1.82) is 0 Å². The number of hydrogen-bond donors (Lipinski definition) is 1. The van der Waals surface area contributed by atoms with E-state index >= 15 is 0 Å². The van der Waals surface area contributed by atoms with Gasteiger partial charge in [0, 0.05) is 19.6 Å². The maximum Gasteiger partial charge on any atom is 0.261 e. The first-order valence-electron chi connectivity index (χ1n) is 11.2. The van der Waals surface area contributed by atoms with Gasteiger partial charge in [-0.05, 0) is 78.2 Å². The molecule has 0 fully saturated rings. The molecule has 172 valence electrons. The predicted octanol–water partition coefficient (Wildman–Crippen LogP) is 5.68. The lowest BCUT2D eigenvalue weighted by molar-refractivity contribution is 0.0935. The van der Waals surface area contributed by atoms with E-state index in [9.17, 15) is 9.18 Å². The topological polar surface area (TPSA) is 41.6 Å². The van der Waals surface area contributed by atoms with Crippen molar-refractivity contribution in [3.63, 3.8) is 0 Å².